The Morgan fingerprint density at radius 3 is 2.76 bits per heavy atom. The average molecular weight is 353 g/mol. The molecule has 1 amide bonds. The topological polar surface area (TPSA) is 66.9 Å². The molecule has 2 aromatic carbocycles. The molecule has 0 aliphatic carbocycles. The lowest BCUT2D eigenvalue weighted by molar-refractivity contribution is 0.102. The summed E-state index contributed by atoms with van der Waals surface area (Å²) in [6.07, 6.45) is 1.55. The lowest BCUT2D eigenvalue weighted by atomic mass is 10.1. The Morgan fingerprint density at radius 1 is 1.12 bits per heavy atom. The van der Waals surface area contributed by atoms with Gasteiger partial charge in [0.15, 0.2) is 0 Å². The van der Waals surface area contributed by atoms with Crippen molar-refractivity contribution >= 4 is 29.1 Å². The second-order valence-electron chi connectivity index (χ2n) is 5.57. The van der Waals surface area contributed by atoms with E-state index in [2.05, 4.69) is 26.7 Å². The number of amides is 1. The number of halogens is 1. The Labute approximate surface area is 151 Å². The largest absolute Gasteiger partial charge is 0.350 e. The van der Waals surface area contributed by atoms with E-state index in [1.165, 1.54) is 5.56 Å². The molecule has 0 saturated carbocycles. The summed E-state index contributed by atoms with van der Waals surface area (Å²) in [5.41, 5.74) is 3.21. The van der Waals surface area contributed by atoms with E-state index in [9.17, 15) is 4.79 Å². The monoisotopic (exact) mass is 352 g/mol. The molecule has 126 valence electrons. The fraction of sp³-hybridized carbons (Fsp3) is 0.105. The maximum atomic E-state index is 12.3. The van der Waals surface area contributed by atoms with Gasteiger partial charge in [-0.15, -0.1) is 0 Å². The molecule has 0 saturated heterocycles. The number of aryl methyl sites for hydroxylation is 1. The van der Waals surface area contributed by atoms with Crippen LogP contribution in [0.5, 0.6) is 0 Å². The van der Waals surface area contributed by atoms with E-state index < -0.39 is 0 Å². The van der Waals surface area contributed by atoms with Gasteiger partial charge < -0.3 is 10.6 Å². The maximum absolute atomic E-state index is 12.3. The van der Waals surface area contributed by atoms with E-state index in [1.54, 1.807) is 36.5 Å². The molecule has 3 rings (SSSR count). The zero-order chi connectivity index (χ0) is 17.6. The third-order valence-corrected chi connectivity index (χ3v) is 3.74. The molecule has 0 unspecified atom stereocenters. The van der Waals surface area contributed by atoms with E-state index in [4.69, 9.17) is 11.6 Å². The second kappa shape index (κ2) is 7.77. The van der Waals surface area contributed by atoms with Crippen molar-refractivity contribution in [1.29, 1.82) is 0 Å². The highest BCUT2D eigenvalue weighted by Gasteiger charge is 2.09. The number of anilines is 2. The standard InChI is InChI=1S/C19H17ClN4O/c1-13-4-2-5-14(10-13)12-22-19-21-9-8-17(24-19)18(25)23-16-7-3-6-15(20)11-16/h2-11H,12H2,1H3,(H,23,25)(H,21,22,24). The number of carbonyl (C=O) groups excluding carboxylic acids is 1. The molecule has 5 nitrogen and oxygen atoms in total. The van der Waals surface area contributed by atoms with Gasteiger partial charge in [-0.25, -0.2) is 9.97 Å². The minimum atomic E-state index is -0.316. The van der Waals surface area contributed by atoms with E-state index in [0.29, 0.717) is 23.2 Å². The summed E-state index contributed by atoms with van der Waals surface area (Å²) in [6.45, 7) is 2.63. The van der Waals surface area contributed by atoms with E-state index in [0.717, 1.165) is 5.56 Å². The summed E-state index contributed by atoms with van der Waals surface area (Å²) in [7, 11) is 0. The maximum Gasteiger partial charge on any atom is 0.274 e. The quantitative estimate of drug-likeness (QED) is 0.718. The molecule has 0 bridgehead atoms. The number of benzene rings is 2. The van der Waals surface area contributed by atoms with Crippen molar-refractivity contribution in [2.45, 2.75) is 13.5 Å². The van der Waals surface area contributed by atoms with Crippen molar-refractivity contribution in [2.24, 2.45) is 0 Å². The van der Waals surface area contributed by atoms with Crippen LogP contribution in [0.3, 0.4) is 0 Å². The molecule has 2 N–H and O–H groups in total. The third kappa shape index (κ3) is 4.78. The van der Waals surface area contributed by atoms with E-state index in [1.807, 2.05) is 25.1 Å². The first-order chi connectivity index (χ1) is 12.1. The number of carbonyl (C=O) groups is 1. The number of aromatic nitrogens is 2. The van der Waals surface area contributed by atoms with Crippen molar-refractivity contribution in [3.05, 3.63) is 82.6 Å². The van der Waals surface area contributed by atoms with Gasteiger partial charge in [-0.1, -0.05) is 47.5 Å². The summed E-state index contributed by atoms with van der Waals surface area (Å²) in [5.74, 6) is 0.0866. The number of hydrogen-bond donors (Lipinski definition) is 2. The SMILES string of the molecule is Cc1cccc(CNc2nccc(C(=O)Nc3cccc(Cl)c3)n2)c1. The normalized spacial score (nSPS) is 10.3. The predicted octanol–water partition coefficient (Wildman–Crippen LogP) is 4.30. The fourth-order valence-electron chi connectivity index (χ4n) is 2.33. The molecule has 0 radical (unpaired) electrons. The smallest absolute Gasteiger partial charge is 0.274 e. The Kier molecular flexibility index (Phi) is 5.26. The van der Waals surface area contributed by atoms with Gasteiger partial charge in [0.25, 0.3) is 5.91 Å². The minimum absolute atomic E-state index is 0.279. The van der Waals surface area contributed by atoms with Crippen LogP contribution in [0.1, 0.15) is 21.6 Å². The molecule has 6 heteroatoms. The van der Waals surface area contributed by atoms with Crippen LogP contribution < -0.4 is 10.6 Å². The second-order valence-corrected chi connectivity index (χ2v) is 6.01. The number of nitrogens with one attached hydrogen (secondary N) is 2. The highest BCUT2D eigenvalue weighted by atomic mass is 35.5. The van der Waals surface area contributed by atoms with E-state index >= 15 is 0 Å². The summed E-state index contributed by atoms with van der Waals surface area (Å²) in [4.78, 5) is 20.7. The first-order valence-electron chi connectivity index (χ1n) is 7.79. The molecule has 0 aliphatic rings. The zero-order valence-electron chi connectivity index (χ0n) is 13.7. The first-order valence-corrected chi connectivity index (χ1v) is 8.17. The van der Waals surface area contributed by atoms with Gasteiger partial charge >= 0.3 is 0 Å². The Hall–Kier alpha value is -2.92. The summed E-state index contributed by atoms with van der Waals surface area (Å²) < 4.78 is 0. The zero-order valence-corrected chi connectivity index (χ0v) is 14.4. The molecule has 0 aliphatic heterocycles. The Balaban J connectivity index is 1.67. The van der Waals surface area contributed by atoms with Gasteiger partial charge in [0.2, 0.25) is 5.95 Å². The average Bonchev–Trinajstić information content (AvgIpc) is 2.60. The van der Waals surface area contributed by atoms with Gasteiger partial charge in [-0.2, -0.15) is 0 Å². The molecule has 1 heterocycles. The van der Waals surface area contributed by atoms with Crippen LogP contribution in [0.15, 0.2) is 60.8 Å². The van der Waals surface area contributed by atoms with Crippen LogP contribution in [-0.4, -0.2) is 15.9 Å². The van der Waals surface area contributed by atoms with Crippen molar-refractivity contribution in [3.8, 4) is 0 Å². The molecular formula is C19H17ClN4O. The van der Waals surface area contributed by atoms with Crippen molar-refractivity contribution in [3.63, 3.8) is 0 Å². The van der Waals surface area contributed by atoms with Crippen LogP contribution in [0.2, 0.25) is 5.02 Å². The van der Waals surface area contributed by atoms with Crippen molar-refractivity contribution in [1.82, 2.24) is 9.97 Å². The molecule has 0 atom stereocenters. The predicted molar refractivity (Wildman–Crippen MR) is 99.9 cm³/mol. The van der Waals surface area contributed by atoms with Crippen molar-refractivity contribution < 1.29 is 4.79 Å². The van der Waals surface area contributed by atoms with Gasteiger partial charge in [0.05, 0.1) is 0 Å². The highest BCUT2D eigenvalue weighted by Crippen LogP contribution is 2.16. The molecule has 3 aromatic rings. The number of hydrogen-bond acceptors (Lipinski definition) is 4. The van der Waals surface area contributed by atoms with Crippen LogP contribution >= 0.6 is 11.6 Å². The fourth-order valence-corrected chi connectivity index (χ4v) is 2.53. The third-order valence-electron chi connectivity index (χ3n) is 3.50. The highest BCUT2D eigenvalue weighted by molar-refractivity contribution is 6.30. The van der Waals surface area contributed by atoms with Crippen LogP contribution in [0.4, 0.5) is 11.6 Å². The van der Waals surface area contributed by atoms with Gasteiger partial charge in [0.1, 0.15) is 5.69 Å². The Morgan fingerprint density at radius 2 is 1.96 bits per heavy atom. The lowest BCUT2D eigenvalue weighted by Crippen LogP contribution is -2.15. The number of rotatable bonds is 5. The molecule has 25 heavy (non-hydrogen) atoms. The van der Waals surface area contributed by atoms with Crippen LogP contribution in [0.25, 0.3) is 0 Å². The van der Waals surface area contributed by atoms with Crippen molar-refractivity contribution in [2.75, 3.05) is 10.6 Å². The van der Waals surface area contributed by atoms with Crippen LogP contribution in [0, 0.1) is 6.92 Å². The van der Waals surface area contributed by atoms with Gasteiger partial charge in [-0.05, 0) is 36.8 Å². The number of nitrogens with zero attached hydrogens (tertiary/aromatic N) is 2. The van der Waals surface area contributed by atoms with E-state index in [-0.39, 0.29) is 11.6 Å². The Bertz CT molecular complexity index is 898. The van der Waals surface area contributed by atoms with Gasteiger partial charge in [0, 0.05) is 23.5 Å². The van der Waals surface area contributed by atoms with Crippen LogP contribution in [-0.2, 0) is 6.54 Å². The summed E-state index contributed by atoms with van der Waals surface area (Å²) in [6, 6.07) is 16.7. The minimum Gasteiger partial charge on any atom is -0.350 e. The molecule has 0 spiro atoms. The van der Waals surface area contributed by atoms with Gasteiger partial charge in [-0.3, -0.25) is 4.79 Å². The molecule has 1 aromatic heterocycles. The molecule has 0 fully saturated rings. The first kappa shape index (κ1) is 16.9. The summed E-state index contributed by atoms with van der Waals surface area (Å²) >= 11 is 5.92. The summed E-state index contributed by atoms with van der Waals surface area (Å²) in [5, 5.41) is 6.46. The lowest BCUT2D eigenvalue weighted by Gasteiger charge is -2.08. The molecular weight excluding hydrogens is 336 g/mol.